The Morgan fingerprint density at radius 2 is 1.81 bits per heavy atom. The molecule has 0 aromatic carbocycles. The molecule has 152 valence electrons. The molecule has 1 rings (SSSR count). The van der Waals surface area contributed by atoms with E-state index in [1.165, 1.54) is 4.90 Å². The Labute approximate surface area is 156 Å². The van der Waals surface area contributed by atoms with E-state index in [2.05, 4.69) is 17.9 Å². The summed E-state index contributed by atoms with van der Waals surface area (Å²) in [6, 6.07) is -0.657. The van der Waals surface area contributed by atoms with E-state index in [-0.39, 0.29) is 11.9 Å². The standard InChI is InChI=1S/C18H35N3O5/c1-6-8-12-25-19-14-9-10-15(16(22)20-24-11-7-2)21(13-14)17(23)26-18(3,4)5/h14-15,19H,6-13H2,1-5H3,(H,20,22)/t14-,15+/m1/s1. The topological polar surface area (TPSA) is 89.1 Å². The van der Waals surface area contributed by atoms with E-state index in [1.807, 2.05) is 6.92 Å². The number of amides is 2. The van der Waals surface area contributed by atoms with E-state index in [4.69, 9.17) is 14.4 Å². The molecule has 1 aliphatic heterocycles. The highest BCUT2D eigenvalue weighted by Crippen LogP contribution is 2.21. The lowest BCUT2D eigenvalue weighted by atomic mass is 9.98. The number of ether oxygens (including phenoxy) is 1. The number of nitrogens with zero attached hydrogens (tertiary/aromatic N) is 1. The van der Waals surface area contributed by atoms with Crippen LogP contribution in [-0.4, -0.2) is 54.3 Å². The van der Waals surface area contributed by atoms with Gasteiger partial charge in [-0.2, -0.15) is 5.48 Å². The highest BCUT2D eigenvalue weighted by atomic mass is 16.7. The van der Waals surface area contributed by atoms with Crippen molar-refractivity contribution in [3.8, 4) is 0 Å². The van der Waals surface area contributed by atoms with Crippen molar-refractivity contribution < 1.29 is 24.0 Å². The Balaban J connectivity index is 2.69. The maximum atomic E-state index is 12.6. The summed E-state index contributed by atoms with van der Waals surface area (Å²) in [7, 11) is 0. The lowest BCUT2D eigenvalue weighted by Gasteiger charge is -2.39. The molecule has 2 amide bonds. The van der Waals surface area contributed by atoms with Crippen molar-refractivity contribution in [3.63, 3.8) is 0 Å². The van der Waals surface area contributed by atoms with E-state index < -0.39 is 17.7 Å². The number of rotatable bonds is 9. The third kappa shape index (κ3) is 8.33. The average molecular weight is 373 g/mol. The second-order valence-electron chi connectivity index (χ2n) is 7.56. The number of unbranched alkanes of at least 4 members (excludes halogenated alkanes) is 1. The number of carbonyl (C=O) groups is 2. The van der Waals surface area contributed by atoms with Gasteiger partial charge in [-0.05, 0) is 46.5 Å². The highest BCUT2D eigenvalue weighted by molar-refractivity contribution is 5.85. The fourth-order valence-electron chi connectivity index (χ4n) is 2.55. The SMILES string of the molecule is CCCCON[C@@H]1CC[C@@H](C(=O)NOCCC)N(C(=O)OC(C)(C)C)C1. The van der Waals surface area contributed by atoms with E-state index in [0.29, 0.717) is 26.2 Å². The summed E-state index contributed by atoms with van der Waals surface area (Å²) in [6.45, 7) is 10.8. The predicted octanol–water partition coefficient (Wildman–Crippen LogP) is 2.53. The van der Waals surface area contributed by atoms with Gasteiger partial charge in [0, 0.05) is 6.54 Å². The molecule has 0 spiro atoms. The molecule has 0 unspecified atom stereocenters. The van der Waals surface area contributed by atoms with Crippen molar-refractivity contribution in [2.24, 2.45) is 0 Å². The Bertz CT molecular complexity index is 439. The maximum Gasteiger partial charge on any atom is 0.411 e. The zero-order valence-electron chi connectivity index (χ0n) is 16.8. The van der Waals surface area contributed by atoms with Gasteiger partial charge in [0.05, 0.1) is 19.3 Å². The number of nitrogens with one attached hydrogen (secondary N) is 2. The number of likely N-dealkylation sites (tertiary alicyclic amines) is 1. The highest BCUT2D eigenvalue weighted by Gasteiger charge is 2.38. The van der Waals surface area contributed by atoms with Gasteiger partial charge in [0.25, 0.3) is 5.91 Å². The first-order valence-electron chi connectivity index (χ1n) is 9.57. The van der Waals surface area contributed by atoms with Crippen LogP contribution in [0, 0.1) is 0 Å². The smallest absolute Gasteiger partial charge is 0.411 e. The lowest BCUT2D eigenvalue weighted by Crippen LogP contribution is -2.58. The van der Waals surface area contributed by atoms with Crippen LogP contribution >= 0.6 is 0 Å². The first-order valence-corrected chi connectivity index (χ1v) is 9.57. The van der Waals surface area contributed by atoms with Gasteiger partial charge in [0.15, 0.2) is 0 Å². The molecule has 1 fully saturated rings. The summed E-state index contributed by atoms with van der Waals surface area (Å²) >= 11 is 0. The quantitative estimate of drug-likeness (QED) is 0.477. The summed E-state index contributed by atoms with van der Waals surface area (Å²) in [6.07, 6.45) is 3.54. The second kappa shape index (κ2) is 11.4. The van der Waals surface area contributed by atoms with Crippen molar-refractivity contribution >= 4 is 12.0 Å². The van der Waals surface area contributed by atoms with E-state index in [0.717, 1.165) is 25.7 Å². The molecule has 0 aromatic rings. The van der Waals surface area contributed by atoms with Crippen LogP contribution in [0.15, 0.2) is 0 Å². The lowest BCUT2D eigenvalue weighted by molar-refractivity contribution is -0.141. The van der Waals surface area contributed by atoms with Crippen LogP contribution in [-0.2, 0) is 19.2 Å². The monoisotopic (exact) mass is 373 g/mol. The van der Waals surface area contributed by atoms with E-state index in [1.54, 1.807) is 20.8 Å². The van der Waals surface area contributed by atoms with Gasteiger partial charge in [-0.15, -0.1) is 0 Å². The molecule has 1 saturated heterocycles. The third-order valence-corrected chi connectivity index (χ3v) is 3.84. The van der Waals surface area contributed by atoms with Crippen molar-refractivity contribution in [2.45, 2.75) is 84.4 Å². The van der Waals surface area contributed by atoms with Crippen LogP contribution in [0.25, 0.3) is 0 Å². The number of piperidine rings is 1. The largest absolute Gasteiger partial charge is 0.444 e. The molecule has 0 aliphatic carbocycles. The first-order chi connectivity index (χ1) is 12.3. The van der Waals surface area contributed by atoms with Crippen LogP contribution in [0.3, 0.4) is 0 Å². The van der Waals surface area contributed by atoms with Gasteiger partial charge < -0.3 is 9.57 Å². The summed E-state index contributed by atoms with van der Waals surface area (Å²) in [5.74, 6) is -0.324. The van der Waals surface area contributed by atoms with Crippen molar-refractivity contribution in [3.05, 3.63) is 0 Å². The van der Waals surface area contributed by atoms with E-state index in [9.17, 15) is 9.59 Å². The number of carbonyl (C=O) groups excluding carboxylic acids is 2. The molecule has 2 atom stereocenters. The zero-order chi connectivity index (χ0) is 19.6. The van der Waals surface area contributed by atoms with Crippen LogP contribution in [0.1, 0.15) is 66.7 Å². The normalized spacial score (nSPS) is 20.7. The van der Waals surface area contributed by atoms with Crippen molar-refractivity contribution in [1.82, 2.24) is 15.9 Å². The third-order valence-electron chi connectivity index (χ3n) is 3.84. The molecular weight excluding hydrogens is 338 g/mol. The minimum atomic E-state index is -0.630. The Hall–Kier alpha value is -1.38. The first kappa shape index (κ1) is 22.7. The van der Waals surface area contributed by atoms with Crippen LogP contribution in [0.4, 0.5) is 4.79 Å². The summed E-state index contributed by atoms with van der Waals surface area (Å²) in [5.41, 5.74) is 4.81. The average Bonchev–Trinajstić information content (AvgIpc) is 2.57. The molecule has 26 heavy (non-hydrogen) atoms. The molecular formula is C18H35N3O5. The van der Waals surface area contributed by atoms with Crippen molar-refractivity contribution in [1.29, 1.82) is 0 Å². The minimum Gasteiger partial charge on any atom is -0.444 e. The predicted molar refractivity (Wildman–Crippen MR) is 98.1 cm³/mol. The molecule has 1 aliphatic rings. The molecule has 2 N–H and O–H groups in total. The fourth-order valence-corrected chi connectivity index (χ4v) is 2.55. The Morgan fingerprint density at radius 1 is 1.08 bits per heavy atom. The van der Waals surface area contributed by atoms with Gasteiger partial charge in [-0.1, -0.05) is 20.3 Å². The van der Waals surface area contributed by atoms with E-state index >= 15 is 0 Å². The summed E-state index contributed by atoms with van der Waals surface area (Å²) in [5, 5.41) is 0. The number of hydroxylamine groups is 2. The molecule has 8 nitrogen and oxygen atoms in total. The zero-order valence-corrected chi connectivity index (χ0v) is 16.8. The van der Waals surface area contributed by atoms with Gasteiger partial charge in [-0.3, -0.25) is 14.5 Å². The van der Waals surface area contributed by atoms with Gasteiger partial charge in [0.2, 0.25) is 0 Å². The minimum absolute atomic E-state index is 0.0417. The molecule has 0 aromatic heterocycles. The van der Waals surface area contributed by atoms with Crippen LogP contribution < -0.4 is 11.0 Å². The maximum absolute atomic E-state index is 12.6. The van der Waals surface area contributed by atoms with Gasteiger partial charge in [0.1, 0.15) is 11.6 Å². The Kier molecular flexibility index (Phi) is 9.90. The van der Waals surface area contributed by atoms with Gasteiger partial charge >= 0.3 is 6.09 Å². The molecule has 0 saturated carbocycles. The summed E-state index contributed by atoms with van der Waals surface area (Å²) < 4.78 is 5.47. The van der Waals surface area contributed by atoms with Crippen LogP contribution in [0.5, 0.6) is 0 Å². The Morgan fingerprint density at radius 3 is 2.42 bits per heavy atom. The van der Waals surface area contributed by atoms with Crippen LogP contribution in [0.2, 0.25) is 0 Å². The molecule has 8 heteroatoms. The molecule has 1 heterocycles. The van der Waals surface area contributed by atoms with Gasteiger partial charge in [-0.25, -0.2) is 10.3 Å². The molecule has 0 radical (unpaired) electrons. The van der Waals surface area contributed by atoms with Crippen molar-refractivity contribution in [2.75, 3.05) is 19.8 Å². The molecule has 0 bridgehead atoms. The summed E-state index contributed by atoms with van der Waals surface area (Å²) in [4.78, 5) is 37.1. The second-order valence-corrected chi connectivity index (χ2v) is 7.56. The number of hydrogen-bond acceptors (Lipinski definition) is 6. The number of hydrogen-bond donors (Lipinski definition) is 2. The fraction of sp³-hybridized carbons (Fsp3) is 0.889.